The number of carbonyl (C=O) groups excluding carboxylic acids is 1. The van der Waals surface area contributed by atoms with E-state index in [9.17, 15) is 15.0 Å². The summed E-state index contributed by atoms with van der Waals surface area (Å²) in [6, 6.07) is 7.00. The van der Waals surface area contributed by atoms with Crippen molar-refractivity contribution in [3.8, 4) is 35.2 Å². The van der Waals surface area contributed by atoms with Crippen molar-refractivity contribution >= 4 is 33.4 Å². The lowest BCUT2D eigenvalue weighted by Gasteiger charge is -2.41. The van der Waals surface area contributed by atoms with Crippen LogP contribution < -0.4 is 9.64 Å². The van der Waals surface area contributed by atoms with E-state index in [2.05, 4.69) is 22.3 Å². The minimum atomic E-state index is -1.61. The van der Waals surface area contributed by atoms with Gasteiger partial charge in [-0.1, -0.05) is 18.6 Å². The highest BCUT2D eigenvalue weighted by Crippen LogP contribution is 2.46. The first-order chi connectivity index (χ1) is 24.4. The number of aliphatic hydroxyl groups is 1. The number of benzene rings is 3. The number of phenols is 1. The minimum Gasteiger partial charge on any atom is -0.508 e. The van der Waals surface area contributed by atoms with Crippen molar-refractivity contribution in [2.24, 2.45) is 0 Å². The number of halogens is 2. The molecule has 9 nitrogen and oxygen atoms in total. The number of anilines is 1. The fourth-order valence-corrected chi connectivity index (χ4v) is 9.21. The minimum absolute atomic E-state index is 0.0274. The highest BCUT2D eigenvalue weighted by molar-refractivity contribution is 6.05. The van der Waals surface area contributed by atoms with Crippen LogP contribution in [0, 0.1) is 24.0 Å². The Labute approximate surface area is 295 Å². The molecule has 264 valence electrons. The zero-order valence-electron chi connectivity index (χ0n) is 28.9. The summed E-state index contributed by atoms with van der Waals surface area (Å²) < 4.78 is 39.2. The van der Waals surface area contributed by atoms with Crippen molar-refractivity contribution in [2.75, 3.05) is 37.7 Å². The lowest BCUT2D eigenvalue weighted by atomic mass is 9.84. The molecular weight excluding hydrogens is 652 g/mol. The third kappa shape index (κ3) is 5.38. The number of terminal acetylenes is 1. The van der Waals surface area contributed by atoms with E-state index in [0.717, 1.165) is 51.6 Å². The van der Waals surface area contributed by atoms with Gasteiger partial charge in [-0.2, -0.15) is 9.97 Å². The Morgan fingerprint density at radius 3 is 2.49 bits per heavy atom. The molecule has 51 heavy (non-hydrogen) atoms. The van der Waals surface area contributed by atoms with Gasteiger partial charge in [0.1, 0.15) is 29.5 Å². The fourth-order valence-electron chi connectivity index (χ4n) is 9.21. The van der Waals surface area contributed by atoms with E-state index in [-0.39, 0.29) is 68.4 Å². The molecule has 0 aliphatic carbocycles. The van der Waals surface area contributed by atoms with Crippen LogP contribution in [0.25, 0.3) is 32.8 Å². The molecule has 2 N–H and O–H groups in total. The maximum atomic E-state index is 17.6. The molecule has 1 aromatic heterocycles. The average molecular weight is 694 g/mol. The average Bonchev–Trinajstić information content (AvgIpc) is 3.76. The quantitative estimate of drug-likeness (QED) is 0.179. The third-order valence-electron chi connectivity index (χ3n) is 11.5. The van der Waals surface area contributed by atoms with Crippen LogP contribution in [-0.4, -0.2) is 86.3 Å². The number of fused-ring (bicyclic) bond motifs is 5. The molecule has 1 amide bonds. The summed E-state index contributed by atoms with van der Waals surface area (Å²) in [5.41, 5.74) is -1.62. The molecule has 0 spiro atoms. The van der Waals surface area contributed by atoms with Crippen LogP contribution in [0.15, 0.2) is 43.0 Å². The molecule has 5 heterocycles. The van der Waals surface area contributed by atoms with Gasteiger partial charge >= 0.3 is 6.01 Å². The molecule has 8 rings (SSSR count). The summed E-state index contributed by atoms with van der Waals surface area (Å²) in [6.45, 7) is 10.1. The predicted octanol–water partition coefficient (Wildman–Crippen LogP) is 6.02. The lowest BCUT2D eigenvalue weighted by Crippen LogP contribution is -2.55. The van der Waals surface area contributed by atoms with E-state index < -0.39 is 17.2 Å². The normalized spacial score (nSPS) is 21.3. The van der Waals surface area contributed by atoms with Crippen LogP contribution in [0.3, 0.4) is 0 Å². The molecule has 11 heteroatoms. The van der Waals surface area contributed by atoms with E-state index >= 15 is 8.78 Å². The summed E-state index contributed by atoms with van der Waals surface area (Å²) in [4.78, 5) is 28.8. The number of phenolic OH excluding ortho intramolecular Hbond substituents is 1. The van der Waals surface area contributed by atoms with E-state index in [0.29, 0.717) is 36.3 Å². The van der Waals surface area contributed by atoms with Crippen LogP contribution >= 0.6 is 0 Å². The van der Waals surface area contributed by atoms with Crippen molar-refractivity contribution in [1.82, 2.24) is 19.8 Å². The monoisotopic (exact) mass is 693 g/mol. The number of ether oxygens (including phenoxy) is 1. The highest BCUT2D eigenvalue weighted by Gasteiger charge is 2.46. The van der Waals surface area contributed by atoms with Gasteiger partial charge in [-0.05, 0) is 112 Å². The summed E-state index contributed by atoms with van der Waals surface area (Å²) in [7, 11) is 0. The molecule has 0 unspecified atom stereocenters. The van der Waals surface area contributed by atoms with E-state index in [1.807, 2.05) is 4.90 Å². The summed E-state index contributed by atoms with van der Waals surface area (Å²) >= 11 is 0. The Hall–Kier alpha value is -4.79. The van der Waals surface area contributed by atoms with Crippen molar-refractivity contribution in [3.63, 3.8) is 0 Å². The number of piperazine rings is 1. The van der Waals surface area contributed by atoms with Crippen molar-refractivity contribution < 1.29 is 28.5 Å². The number of aromatic hydroxyl groups is 1. The Bertz CT molecular complexity index is 2130. The second-order valence-electron chi connectivity index (χ2n) is 15.0. The Balaban J connectivity index is 1.35. The van der Waals surface area contributed by atoms with Gasteiger partial charge in [-0.25, -0.2) is 8.78 Å². The summed E-state index contributed by atoms with van der Waals surface area (Å²) in [5, 5.41) is 23.4. The van der Waals surface area contributed by atoms with Crippen molar-refractivity contribution in [3.05, 3.63) is 65.7 Å². The molecule has 2 atom stereocenters. The van der Waals surface area contributed by atoms with Gasteiger partial charge in [-0.15, -0.1) is 6.42 Å². The molecule has 0 radical (unpaired) electrons. The molecule has 4 fully saturated rings. The first-order valence-corrected chi connectivity index (χ1v) is 17.7. The molecule has 2 bridgehead atoms. The zero-order chi connectivity index (χ0) is 35.8. The van der Waals surface area contributed by atoms with E-state index in [4.69, 9.17) is 21.1 Å². The second kappa shape index (κ2) is 12.2. The van der Waals surface area contributed by atoms with E-state index in [1.54, 1.807) is 6.07 Å². The van der Waals surface area contributed by atoms with Gasteiger partial charge in [0.05, 0.1) is 16.7 Å². The number of nitrogens with zero attached hydrogens (tertiary/aromatic N) is 5. The number of amides is 1. The fraction of sp³-hybridized carbons (Fsp3) is 0.425. The summed E-state index contributed by atoms with van der Waals surface area (Å²) in [6.07, 6.45) is 12.9. The largest absolute Gasteiger partial charge is 0.508 e. The van der Waals surface area contributed by atoms with Gasteiger partial charge in [-0.3, -0.25) is 9.69 Å². The topological polar surface area (TPSA) is 102 Å². The molecule has 0 saturated carbocycles. The number of hydrogen-bond donors (Lipinski definition) is 2. The second-order valence-corrected chi connectivity index (χ2v) is 15.0. The van der Waals surface area contributed by atoms with Crippen LogP contribution in [0.1, 0.15) is 63.5 Å². The summed E-state index contributed by atoms with van der Waals surface area (Å²) in [5.74, 6) is 1.09. The van der Waals surface area contributed by atoms with Crippen molar-refractivity contribution in [1.29, 1.82) is 0 Å². The van der Waals surface area contributed by atoms with Gasteiger partial charge in [0.15, 0.2) is 5.82 Å². The molecule has 4 aliphatic rings. The molecule has 4 aromatic rings. The van der Waals surface area contributed by atoms with Crippen LogP contribution in [0.5, 0.6) is 11.8 Å². The number of hydrogen-bond acceptors (Lipinski definition) is 8. The Kier molecular flexibility index (Phi) is 7.96. The molecule has 4 saturated heterocycles. The predicted molar refractivity (Wildman–Crippen MR) is 192 cm³/mol. The molecule has 4 aliphatic heterocycles. The van der Waals surface area contributed by atoms with Gasteiger partial charge in [0.2, 0.25) is 5.91 Å². The first kappa shape index (κ1) is 33.4. The number of aromatic nitrogens is 2. The Morgan fingerprint density at radius 1 is 1.14 bits per heavy atom. The zero-order valence-corrected chi connectivity index (χ0v) is 28.9. The number of rotatable bonds is 7. The van der Waals surface area contributed by atoms with Gasteiger partial charge in [0.25, 0.3) is 0 Å². The van der Waals surface area contributed by atoms with Crippen LogP contribution in [0.4, 0.5) is 14.6 Å². The third-order valence-corrected chi connectivity index (χ3v) is 11.5. The highest BCUT2D eigenvalue weighted by atomic mass is 19.1. The van der Waals surface area contributed by atoms with Gasteiger partial charge < -0.3 is 24.7 Å². The SMILES string of the molecule is C#Cc1c(F)ccc2cc(O)cc(-c3c(C(C)(C)O)cc4c(N5C[C@H]6CC[C@@H](C5)N6C(=O)C=C)nc(OCC56CCCN5CCC6)nc4c3F)c12. The maximum Gasteiger partial charge on any atom is 0.319 e. The van der Waals surface area contributed by atoms with Crippen LogP contribution in [-0.2, 0) is 10.4 Å². The van der Waals surface area contributed by atoms with Crippen LogP contribution in [0.2, 0.25) is 0 Å². The molecule has 3 aromatic carbocycles. The standard InChI is InChI=1S/C40H41F2N5O4/c1-5-27-31(41)12-9-23-17-26(48)18-28(33(23)27)34-30(39(3,4)50)19-29-36(35(34)42)43-38(51-22-40-13-7-15-46(40)16-8-14-40)44-37(29)45-20-24-10-11-25(21-45)47(24)32(49)6-2/h1,6,9,12,17-19,24-25,48,50H,2,7-8,10-11,13-16,20-22H2,3-4H3/t24-,25+. The first-order valence-electron chi connectivity index (χ1n) is 17.7. The Morgan fingerprint density at radius 2 is 1.84 bits per heavy atom. The lowest BCUT2D eigenvalue weighted by molar-refractivity contribution is -0.129. The van der Waals surface area contributed by atoms with Gasteiger partial charge in [0, 0.05) is 41.5 Å². The number of carbonyl (C=O) groups is 1. The molecular formula is C40H41F2N5O4. The maximum absolute atomic E-state index is 17.6. The van der Waals surface area contributed by atoms with E-state index in [1.165, 1.54) is 44.2 Å². The van der Waals surface area contributed by atoms with Crippen molar-refractivity contribution in [2.45, 2.75) is 75.6 Å². The smallest absolute Gasteiger partial charge is 0.319 e.